The molecule has 1 aromatic rings. The van der Waals surface area contributed by atoms with E-state index >= 15 is 0 Å². The van der Waals surface area contributed by atoms with E-state index in [4.69, 9.17) is 0 Å². The minimum atomic E-state index is -1.49. The van der Waals surface area contributed by atoms with Crippen LogP contribution in [-0.4, -0.2) is 33.2 Å². The quantitative estimate of drug-likeness (QED) is 0.459. The second-order valence-corrected chi connectivity index (χ2v) is 18.1. The monoisotopic (exact) mass is 464 g/mol. The third-order valence-electron chi connectivity index (χ3n) is 7.28. The van der Waals surface area contributed by atoms with Crippen LogP contribution in [0.25, 0.3) is 0 Å². The van der Waals surface area contributed by atoms with Crippen molar-refractivity contribution in [3.05, 3.63) is 28.8 Å². The van der Waals surface area contributed by atoms with Crippen molar-refractivity contribution in [2.45, 2.75) is 108 Å². The molecule has 2 heterocycles. The van der Waals surface area contributed by atoms with Crippen LogP contribution in [0.2, 0.25) is 19.6 Å². The van der Waals surface area contributed by atoms with Crippen molar-refractivity contribution in [2.24, 2.45) is 0 Å². The van der Waals surface area contributed by atoms with Crippen LogP contribution in [0.15, 0.2) is 12.1 Å². The number of benzene rings is 1. The number of nitrogens with one attached hydrogen (secondary N) is 2. The summed E-state index contributed by atoms with van der Waals surface area (Å²) in [6.07, 6.45) is 8.89. The molecule has 0 saturated carbocycles. The van der Waals surface area contributed by atoms with Crippen LogP contribution in [-0.2, 0) is 16.7 Å². The highest BCUT2D eigenvalue weighted by Gasteiger charge is 2.48. The largest absolute Gasteiger partial charge is 0.313 e. The van der Waals surface area contributed by atoms with E-state index in [0.29, 0.717) is 12.1 Å². The summed E-state index contributed by atoms with van der Waals surface area (Å²) in [5.74, 6) is 0. The molecular formula is C25H46N2P2Si. The first-order valence-electron chi connectivity index (χ1n) is 12.1. The van der Waals surface area contributed by atoms with E-state index in [2.05, 4.69) is 81.7 Å². The highest BCUT2D eigenvalue weighted by molar-refractivity contribution is 7.19. The van der Waals surface area contributed by atoms with Gasteiger partial charge in [0.1, 0.15) is 0 Å². The van der Waals surface area contributed by atoms with Crippen molar-refractivity contribution in [2.75, 3.05) is 13.1 Å². The molecule has 1 aromatic carbocycles. The highest BCUT2D eigenvalue weighted by Crippen LogP contribution is 2.49. The number of hydrogen-bond acceptors (Lipinski definition) is 2. The summed E-state index contributed by atoms with van der Waals surface area (Å²) in [4.78, 5) is 0. The van der Waals surface area contributed by atoms with Gasteiger partial charge in [-0.3, -0.25) is 0 Å². The van der Waals surface area contributed by atoms with Crippen LogP contribution in [0, 0.1) is 0 Å². The third-order valence-corrected chi connectivity index (χ3v) is 10.8. The van der Waals surface area contributed by atoms with Gasteiger partial charge in [-0.05, 0) is 67.0 Å². The molecule has 0 amide bonds. The first-order valence-corrected chi connectivity index (χ1v) is 17.0. The van der Waals surface area contributed by atoms with Crippen molar-refractivity contribution in [1.82, 2.24) is 10.6 Å². The highest BCUT2D eigenvalue weighted by atomic mass is 31.0. The first-order chi connectivity index (χ1) is 14.0. The van der Waals surface area contributed by atoms with E-state index in [-0.39, 0.29) is 10.6 Å². The summed E-state index contributed by atoms with van der Waals surface area (Å²) in [6, 6.07) is 5.99. The second kappa shape index (κ2) is 9.60. The molecule has 0 radical (unpaired) electrons. The van der Waals surface area contributed by atoms with Crippen LogP contribution < -0.4 is 15.8 Å². The van der Waals surface area contributed by atoms with Gasteiger partial charge < -0.3 is 10.6 Å². The molecule has 4 atom stereocenters. The lowest BCUT2D eigenvalue weighted by Gasteiger charge is -2.51. The summed E-state index contributed by atoms with van der Waals surface area (Å²) in [7, 11) is 5.01. The fourth-order valence-corrected chi connectivity index (χ4v) is 8.90. The van der Waals surface area contributed by atoms with Crippen molar-refractivity contribution < 1.29 is 0 Å². The van der Waals surface area contributed by atoms with Gasteiger partial charge in [0, 0.05) is 17.2 Å². The molecule has 2 saturated heterocycles. The Morgan fingerprint density at radius 2 is 1.43 bits per heavy atom. The molecule has 30 heavy (non-hydrogen) atoms. The summed E-state index contributed by atoms with van der Waals surface area (Å²) in [5.41, 5.74) is 4.96. The van der Waals surface area contributed by atoms with Crippen LogP contribution in [0.1, 0.15) is 76.0 Å². The summed E-state index contributed by atoms with van der Waals surface area (Å²) in [6.45, 7) is 17.2. The van der Waals surface area contributed by atoms with E-state index in [1.54, 1.807) is 16.3 Å². The van der Waals surface area contributed by atoms with E-state index in [9.17, 15) is 0 Å². The van der Waals surface area contributed by atoms with Gasteiger partial charge in [-0.2, -0.15) is 0 Å². The van der Waals surface area contributed by atoms with Crippen LogP contribution in [0.4, 0.5) is 0 Å². The molecule has 2 aliphatic rings. The lowest BCUT2D eigenvalue weighted by molar-refractivity contribution is 0.235. The number of rotatable bonds is 5. The summed E-state index contributed by atoms with van der Waals surface area (Å²) < 4.78 is 0. The van der Waals surface area contributed by atoms with E-state index in [1.165, 1.54) is 44.1 Å². The minimum absolute atomic E-state index is 0.0328. The van der Waals surface area contributed by atoms with Crippen LogP contribution in [0.3, 0.4) is 0 Å². The Hall–Kier alpha value is 0.217. The zero-order chi connectivity index (χ0) is 22.2. The zero-order valence-electron chi connectivity index (χ0n) is 20.3. The molecule has 3 rings (SSSR count). The summed E-state index contributed by atoms with van der Waals surface area (Å²) >= 11 is 0. The molecule has 0 spiro atoms. The molecule has 0 aromatic heterocycles. The van der Waals surface area contributed by atoms with Gasteiger partial charge >= 0.3 is 0 Å². The Morgan fingerprint density at radius 3 is 1.80 bits per heavy atom. The Kier molecular flexibility index (Phi) is 7.96. The van der Waals surface area contributed by atoms with Crippen LogP contribution in [0.5, 0.6) is 0 Å². The van der Waals surface area contributed by atoms with E-state index < -0.39 is 8.07 Å². The molecule has 2 fully saturated rings. The van der Waals surface area contributed by atoms with Crippen LogP contribution >= 0.6 is 18.5 Å². The zero-order valence-corrected chi connectivity index (χ0v) is 23.6. The van der Waals surface area contributed by atoms with E-state index in [0.717, 1.165) is 19.3 Å². The first kappa shape index (κ1) is 24.9. The molecule has 2 nitrogen and oxygen atoms in total. The average molecular weight is 465 g/mol. The van der Waals surface area contributed by atoms with Gasteiger partial charge in [0.25, 0.3) is 0 Å². The maximum absolute atomic E-state index is 3.99. The average Bonchev–Trinajstić information content (AvgIpc) is 2.72. The predicted octanol–water partition coefficient (Wildman–Crippen LogP) is 5.26. The second-order valence-electron chi connectivity index (χ2n) is 11.7. The molecule has 0 aliphatic carbocycles. The maximum Gasteiger partial charge on any atom is 0.0779 e. The maximum atomic E-state index is 3.99. The van der Waals surface area contributed by atoms with Gasteiger partial charge in [0.2, 0.25) is 0 Å². The Bertz CT molecular complexity index is 706. The van der Waals surface area contributed by atoms with Crippen molar-refractivity contribution in [3.63, 3.8) is 0 Å². The summed E-state index contributed by atoms with van der Waals surface area (Å²) in [5, 5.41) is 9.67. The minimum Gasteiger partial charge on any atom is -0.313 e. The Morgan fingerprint density at radius 1 is 0.900 bits per heavy atom. The lowest BCUT2D eigenvalue weighted by atomic mass is 9.70. The van der Waals surface area contributed by atoms with Gasteiger partial charge in [-0.15, -0.1) is 18.5 Å². The number of hydrogen-bond donors (Lipinski definition) is 2. The SMILES string of the molecule is CC(C)(C)c1c([Si](C)(C)C)ccc(CP)c1C(P)(C1CCCCN1)C1CCCCN1. The molecule has 170 valence electrons. The number of piperidine rings is 2. The normalized spacial score (nSPS) is 25.7. The fraction of sp³-hybridized carbons (Fsp3) is 0.760. The molecule has 4 unspecified atom stereocenters. The fourth-order valence-electron chi connectivity index (χ4n) is 5.82. The predicted molar refractivity (Wildman–Crippen MR) is 144 cm³/mol. The van der Waals surface area contributed by atoms with Crippen molar-refractivity contribution in [3.8, 4) is 0 Å². The topological polar surface area (TPSA) is 24.1 Å². The standard InChI is InChI=1S/C25H46N2P2Si/c1-24(2,3)23-19(30(4,5)6)14-13-18(17-28)22(23)25(29,20-11-7-9-15-26-20)21-12-8-10-16-27-21/h13-14,20-21,26-27H,7-12,15-17,28-29H2,1-6H3. The lowest BCUT2D eigenvalue weighted by Crippen LogP contribution is -2.60. The van der Waals surface area contributed by atoms with Gasteiger partial charge in [0.15, 0.2) is 0 Å². The Labute approximate surface area is 191 Å². The smallest absolute Gasteiger partial charge is 0.0779 e. The third kappa shape index (κ3) is 4.91. The van der Waals surface area contributed by atoms with Crippen molar-refractivity contribution in [1.29, 1.82) is 0 Å². The van der Waals surface area contributed by atoms with E-state index in [1.807, 2.05) is 0 Å². The van der Waals surface area contributed by atoms with Gasteiger partial charge in [-0.1, -0.05) is 70.6 Å². The molecule has 2 aliphatic heterocycles. The molecular weight excluding hydrogens is 418 g/mol. The Balaban J connectivity index is 2.33. The molecule has 2 N–H and O–H groups in total. The van der Waals surface area contributed by atoms with Gasteiger partial charge in [-0.25, -0.2) is 0 Å². The van der Waals surface area contributed by atoms with Gasteiger partial charge in [0.05, 0.1) is 8.07 Å². The molecule has 5 heteroatoms. The van der Waals surface area contributed by atoms with Crippen molar-refractivity contribution >= 4 is 31.7 Å². The molecule has 0 bridgehead atoms.